The van der Waals surface area contributed by atoms with Crippen LogP contribution in [0.2, 0.25) is 0 Å². The third-order valence-corrected chi connectivity index (χ3v) is 9.54. The highest BCUT2D eigenvalue weighted by Crippen LogP contribution is 2.45. The number of unbranched alkanes of at least 4 members (excludes halogenated alkanes) is 4. The highest BCUT2D eigenvalue weighted by atomic mass is 16.5. The van der Waals surface area contributed by atoms with Crippen LogP contribution in [0.15, 0.2) is 24.3 Å². The smallest absolute Gasteiger partial charge is 0.119 e. The van der Waals surface area contributed by atoms with Gasteiger partial charge in [0.2, 0.25) is 0 Å². The average Bonchev–Trinajstić information content (AvgIpc) is 2.87. The summed E-state index contributed by atoms with van der Waals surface area (Å²) < 4.78 is 5.92. The van der Waals surface area contributed by atoms with Crippen LogP contribution in [0.25, 0.3) is 0 Å². The van der Waals surface area contributed by atoms with E-state index in [1.165, 1.54) is 95.5 Å². The van der Waals surface area contributed by atoms with E-state index in [1.807, 2.05) is 0 Å². The van der Waals surface area contributed by atoms with Crippen LogP contribution in [0.3, 0.4) is 0 Å². The van der Waals surface area contributed by atoms with E-state index in [9.17, 15) is 0 Å². The van der Waals surface area contributed by atoms with Crippen molar-refractivity contribution >= 4 is 0 Å². The van der Waals surface area contributed by atoms with E-state index in [1.54, 1.807) is 0 Å². The van der Waals surface area contributed by atoms with Crippen LogP contribution in [-0.2, 0) is 0 Å². The maximum absolute atomic E-state index is 5.92. The summed E-state index contributed by atoms with van der Waals surface area (Å²) in [7, 11) is 0. The van der Waals surface area contributed by atoms with Crippen LogP contribution in [0, 0.1) is 29.6 Å². The Bertz CT molecular complexity index is 618. The molecule has 1 aromatic rings. The lowest BCUT2D eigenvalue weighted by Crippen LogP contribution is -2.29. The third-order valence-electron chi connectivity index (χ3n) is 9.54. The van der Waals surface area contributed by atoms with Gasteiger partial charge in [-0.15, -0.1) is 0 Å². The Hall–Kier alpha value is -0.980. The van der Waals surface area contributed by atoms with Crippen molar-refractivity contribution in [1.82, 2.24) is 0 Å². The number of ether oxygens (including phenoxy) is 1. The maximum Gasteiger partial charge on any atom is 0.119 e. The van der Waals surface area contributed by atoms with Gasteiger partial charge in [0.05, 0.1) is 6.61 Å². The van der Waals surface area contributed by atoms with Crippen molar-refractivity contribution in [3.05, 3.63) is 29.8 Å². The second-order valence-electron chi connectivity index (χ2n) is 11.7. The summed E-state index contributed by atoms with van der Waals surface area (Å²) >= 11 is 0. The van der Waals surface area contributed by atoms with Gasteiger partial charge in [-0.1, -0.05) is 91.2 Å². The normalized spacial score (nSPS) is 27.8. The lowest BCUT2D eigenvalue weighted by molar-refractivity contribution is 0.118. The van der Waals surface area contributed by atoms with Crippen LogP contribution in [0.4, 0.5) is 0 Å². The van der Waals surface area contributed by atoms with Gasteiger partial charge in [-0.3, -0.25) is 0 Å². The number of rotatable bonds is 13. The molecular weight excluding hydrogens is 400 g/mol. The summed E-state index contributed by atoms with van der Waals surface area (Å²) in [6.45, 7) is 10.5. The van der Waals surface area contributed by atoms with Crippen molar-refractivity contribution in [3.8, 4) is 5.75 Å². The Morgan fingerprint density at radius 1 is 0.697 bits per heavy atom. The van der Waals surface area contributed by atoms with Gasteiger partial charge in [0.15, 0.2) is 0 Å². The van der Waals surface area contributed by atoms with Gasteiger partial charge >= 0.3 is 0 Å². The van der Waals surface area contributed by atoms with Crippen LogP contribution in [0.5, 0.6) is 5.75 Å². The monoisotopic (exact) mass is 454 g/mol. The lowest BCUT2D eigenvalue weighted by atomic mass is 9.65. The molecule has 3 rings (SSSR count). The highest BCUT2D eigenvalue weighted by Gasteiger charge is 2.33. The summed E-state index contributed by atoms with van der Waals surface area (Å²) in [4.78, 5) is 0. The molecular formula is C32H54O. The molecule has 0 amide bonds. The predicted molar refractivity (Wildman–Crippen MR) is 144 cm³/mol. The first-order valence-corrected chi connectivity index (χ1v) is 14.8. The minimum Gasteiger partial charge on any atom is -0.494 e. The van der Waals surface area contributed by atoms with Crippen molar-refractivity contribution in [3.63, 3.8) is 0 Å². The largest absolute Gasteiger partial charge is 0.494 e. The molecule has 2 saturated carbocycles. The molecule has 2 aliphatic rings. The van der Waals surface area contributed by atoms with E-state index < -0.39 is 0 Å². The molecule has 33 heavy (non-hydrogen) atoms. The van der Waals surface area contributed by atoms with Gasteiger partial charge in [0.1, 0.15) is 5.75 Å². The first-order chi connectivity index (χ1) is 16.1. The Kier molecular flexibility index (Phi) is 11.6. The van der Waals surface area contributed by atoms with Crippen molar-refractivity contribution in [2.24, 2.45) is 29.6 Å². The van der Waals surface area contributed by atoms with Crippen molar-refractivity contribution < 1.29 is 4.74 Å². The Balaban J connectivity index is 1.38. The van der Waals surface area contributed by atoms with Gasteiger partial charge in [0.25, 0.3) is 0 Å². The molecule has 0 saturated heterocycles. The van der Waals surface area contributed by atoms with Gasteiger partial charge in [0, 0.05) is 0 Å². The molecule has 2 fully saturated rings. The van der Waals surface area contributed by atoms with Crippen LogP contribution in [0.1, 0.15) is 135 Å². The highest BCUT2D eigenvalue weighted by molar-refractivity contribution is 5.29. The molecule has 188 valence electrons. The molecule has 0 bridgehead atoms. The number of hydrogen-bond donors (Lipinski definition) is 0. The lowest BCUT2D eigenvalue weighted by Gasteiger charge is -2.40. The molecule has 2 unspecified atom stereocenters. The summed E-state index contributed by atoms with van der Waals surface area (Å²) in [5.41, 5.74) is 1.51. The minimum absolute atomic E-state index is 0.675. The zero-order valence-corrected chi connectivity index (χ0v) is 22.5. The van der Waals surface area contributed by atoms with Gasteiger partial charge in [-0.05, 0) is 98.1 Å². The fourth-order valence-corrected chi connectivity index (χ4v) is 6.92. The minimum atomic E-state index is 0.675. The second kappa shape index (κ2) is 14.4. The van der Waals surface area contributed by atoms with Crippen molar-refractivity contribution in [1.29, 1.82) is 0 Å². The van der Waals surface area contributed by atoms with E-state index in [2.05, 4.69) is 52.0 Å². The molecule has 1 aromatic carbocycles. The average molecular weight is 455 g/mol. The van der Waals surface area contributed by atoms with Crippen LogP contribution < -0.4 is 4.74 Å². The van der Waals surface area contributed by atoms with Gasteiger partial charge < -0.3 is 4.74 Å². The summed E-state index contributed by atoms with van der Waals surface area (Å²) in [6.07, 6.45) is 21.3. The quantitative estimate of drug-likeness (QED) is 0.269. The number of benzene rings is 1. The molecule has 0 aromatic heterocycles. The third kappa shape index (κ3) is 8.32. The van der Waals surface area contributed by atoms with E-state index in [0.29, 0.717) is 5.92 Å². The van der Waals surface area contributed by atoms with Crippen molar-refractivity contribution in [2.75, 3.05) is 6.61 Å². The zero-order chi connectivity index (χ0) is 23.5. The predicted octanol–water partition coefficient (Wildman–Crippen LogP) is 10.2. The molecule has 0 heterocycles. The fraction of sp³-hybridized carbons (Fsp3) is 0.812. The topological polar surface area (TPSA) is 9.23 Å². The molecule has 2 aliphatic carbocycles. The molecule has 0 N–H and O–H groups in total. The molecule has 1 nitrogen and oxygen atoms in total. The fourth-order valence-electron chi connectivity index (χ4n) is 6.92. The Labute approximate surface area is 206 Å². The van der Waals surface area contributed by atoms with Crippen LogP contribution in [-0.4, -0.2) is 6.61 Å². The van der Waals surface area contributed by atoms with Crippen molar-refractivity contribution in [2.45, 2.75) is 130 Å². The second-order valence-corrected chi connectivity index (χ2v) is 11.7. The first kappa shape index (κ1) is 26.6. The van der Waals surface area contributed by atoms with Gasteiger partial charge in [-0.25, -0.2) is 0 Å². The molecule has 1 heteroatoms. The van der Waals surface area contributed by atoms with Crippen LogP contribution >= 0.6 is 0 Å². The molecule has 0 radical (unpaired) electrons. The Morgan fingerprint density at radius 3 is 1.85 bits per heavy atom. The van der Waals surface area contributed by atoms with E-state index in [4.69, 9.17) is 4.74 Å². The maximum atomic E-state index is 5.92. The van der Waals surface area contributed by atoms with E-state index in [-0.39, 0.29) is 0 Å². The molecule has 0 aliphatic heterocycles. The van der Waals surface area contributed by atoms with Gasteiger partial charge in [-0.2, -0.15) is 0 Å². The zero-order valence-electron chi connectivity index (χ0n) is 22.5. The number of hydrogen-bond acceptors (Lipinski definition) is 1. The standard InChI is InChI=1S/C32H54O/c1-5-7-9-11-27-12-14-28(15-13-27)25(3)29-16-18-30(19-17-29)26(4)31-20-22-32(23-21-31)33-24-10-8-6-2/h20-23,25-30H,5-19,24H2,1-4H3. The van der Waals surface area contributed by atoms with E-state index >= 15 is 0 Å². The summed E-state index contributed by atoms with van der Waals surface area (Å²) in [6, 6.07) is 9.05. The SMILES string of the molecule is CCCCCOc1ccc(C(C)C2CCC(C(C)C3CCC(CCCCC)CC3)CC2)cc1. The molecule has 2 atom stereocenters. The summed E-state index contributed by atoms with van der Waals surface area (Å²) in [5.74, 6) is 6.56. The first-order valence-electron chi connectivity index (χ1n) is 14.8. The summed E-state index contributed by atoms with van der Waals surface area (Å²) in [5, 5.41) is 0. The molecule has 0 spiro atoms. The van der Waals surface area contributed by atoms with E-state index in [0.717, 1.165) is 48.4 Å². The Morgan fingerprint density at radius 2 is 1.24 bits per heavy atom.